The van der Waals surface area contributed by atoms with Crippen LogP contribution in [0.3, 0.4) is 0 Å². The van der Waals surface area contributed by atoms with Crippen LogP contribution in [-0.4, -0.2) is 20.9 Å². The number of furan rings is 1. The standard InChI is InChI=1S/C25H16BrClN4O2/c26-17-8-6-16(7-9-17)24-12-10-19(33-24)11-13-25(32)28-21-15-23-22(14-20(21)27)29-31(30-23)18-4-2-1-3-5-18/h1-15H,(H,28,32)/b13-11+. The molecule has 0 atom stereocenters. The van der Waals surface area contributed by atoms with Gasteiger partial charge in [-0.3, -0.25) is 4.79 Å². The van der Waals surface area contributed by atoms with Gasteiger partial charge in [-0.2, -0.15) is 4.80 Å². The highest BCUT2D eigenvalue weighted by Gasteiger charge is 2.11. The summed E-state index contributed by atoms with van der Waals surface area (Å²) in [5.41, 5.74) is 3.49. The van der Waals surface area contributed by atoms with E-state index in [1.807, 2.05) is 66.7 Å². The smallest absolute Gasteiger partial charge is 0.248 e. The number of para-hydroxylation sites is 1. The summed E-state index contributed by atoms with van der Waals surface area (Å²) >= 11 is 9.78. The highest BCUT2D eigenvalue weighted by atomic mass is 79.9. The predicted octanol–water partition coefficient (Wildman–Crippen LogP) is 6.75. The molecule has 0 saturated heterocycles. The third-order valence-electron chi connectivity index (χ3n) is 4.87. The van der Waals surface area contributed by atoms with E-state index in [0.29, 0.717) is 27.5 Å². The number of rotatable bonds is 5. The summed E-state index contributed by atoms with van der Waals surface area (Å²) in [6, 6.07) is 24.4. The van der Waals surface area contributed by atoms with Gasteiger partial charge in [0.25, 0.3) is 0 Å². The molecule has 0 bridgehead atoms. The number of fused-ring (bicyclic) bond motifs is 1. The molecular formula is C25H16BrClN4O2. The Morgan fingerprint density at radius 1 is 0.970 bits per heavy atom. The van der Waals surface area contributed by atoms with Gasteiger partial charge in [0.15, 0.2) is 0 Å². The monoisotopic (exact) mass is 518 g/mol. The molecule has 1 N–H and O–H groups in total. The van der Waals surface area contributed by atoms with Gasteiger partial charge in [-0.25, -0.2) is 0 Å². The number of hydrogen-bond donors (Lipinski definition) is 1. The quantitative estimate of drug-likeness (QED) is 0.261. The van der Waals surface area contributed by atoms with Crippen molar-refractivity contribution in [1.82, 2.24) is 15.0 Å². The van der Waals surface area contributed by atoms with Crippen LogP contribution in [0.4, 0.5) is 5.69 Å². The Hall–Kier alpha value is -3.68. The van der Waals surface area contributed by atoms with E-state index in [1.54, 1.807) is 18.2 Å². The highest BCUT2D eigenvalue weighted by Crippen LogP contribution is 2.27. The average molecular weight is 520 g/mol. The normalized spacial score (nSPS) is 11.3. The van der Waals surface area contributed by atoms with Crippen LogP contribution >= 0.6 is 27.5 Å². The molecule has 2 aromatic heterocycles. The molecule has 6 nitrogen and oxygen atoms in total. The summed E-state index contributed by atoms with van der Waals surface area (Å²) in [6.07, 6.45) is 3.00. The number of carbonyl (C=O) groups is 1. The Balaban J connectivity index is 1.31. The molecule has 0 aliphatic rings. The Morgan fingerprint density at radius 2 is 1.70 bits per heavy atom. The van der Waals surface area contributed by atoms with Gasteiger partial charge >= 0.3 is 0 Å². The summed E-state index contributed by atoms with van der Waals surface area (Å²) in [6.45, 7) is 0. The molecule has 1 amide bonds. The second-order valence-corrected chi connectivity index (χ2v) is 8.50. The van der Waals surface area contributed by atoms with Crippen molar-refractivity contribution in [1.29, 1.82) is 0 Å². The summed E-state index contributed by atoms with van der Waals surface area (Å²) < 4.78 is 6.80. The van der Waals surface area contributed by atoms with E-state index in [-0.39, 0.29) is 5.91 Å². The Bertz CT molecular complexity index is 1470. The van der Waals surface area contributed by atoms with Crippen LogP contribution in [0.15, 0.2) is 93.8 Å². The zero-order valence-corrected chi connectivity index (χ0v) is 19.4. The maximum atomic E-state index is 12.5. The number of aromatic nitrogens is 3. The lowest BCUT2D eigenvalue weighted by molar-refractivity contribution is -0.111. The minimum absolute atomic E-state index is 0.340. The van der Waals surface area contributed by atoms with Crippen molar-refractivity contribution in [2.75, 3.05) is 5.32 Å². The van der Waals surface area contributed by atoms with Crippen LogP contribution < -0.4 is 5.32 Å². The van der Waals surface area contributed by atoms with Crippen molar-refractivity contribution in [3.05, 3.63) is 100 Å². The average Bonchev–Trinajstić information content (AvgIpc) is 3.46. The van der Waals surface area contributed by atoms with E-state index >= 15 is 0 Å². The van der Waals surface area contributed by atoms with Crippen molar-refractivity contribution in [2.24, 2.45) is 0 Å². The Morgan fingerprint density at radius 3 is 2.45 bits per heavy atom. The summed E-state index contributed by atoms with van der Waals surface area (Å²) in [7, 11) is 0. The van der Waals surface area contributed by atoms with Gasteiger partial charge in [0.1, 0.15) is 22.6 Å². The van der Waals surface area contributed by atoms with Gasteiger partial charge in [-0.1, -0.05) is 57.9 Å². The number of amides is 1. The molecule has 0 spiro atoms. The molecular weight excluding hydrogens is 504 g/mol. The van der Waals surface area contributed by atoms with Crippen LogP contribution in [0.25, 0.3) is 34.1 Å². The number of benzene rings is 3. The number of nitrogens with one attached hydrogen (secondary N) is 1. The molecule has 0 fully saturated rings. The zero-order chi connectivity index (χ0) is 22.8. The van der Waals surface area contributed by atoms with Crippen molar-refractivity contribution < 1.29 is 9.21 Å². The Labute approximate surface area is 202 Å². The molecule has 33 heavy (non-hydrogen) atoms. The molecule has 0 radical (unpaired) electrons. The first-order chi connectivity index (χ1) is 16.0. The molecule has 0 unspecified atom stereocenters. The number of nitrogens with zero attached hydrogens (tertiary/aromatic N) is 3. The summed E-state index contributed by atoms with van der Waals surface area (Å²) in [5.74, 6) is 0.946. The van der Waals surface area contributed by atoms with E-state index in [0.717, 1.165) is 21.5 Å². The van der Waals surface area contributed by atoms with E-state index < -0.39 is 0 Å². The predicted molar refractivity (Wildman–Crippen MR) is 133 cm³/mol. The third-order valence-corrected chi connectivity index (χ3v) is 5.71. The van der Waals surface area contributed by atoms with Crippen LogP contribution in [0.2, 0.25) is 5.02 Å². The van der Waals surface area contributed by atoms with E-state index in [1.165, 1.54) is 10.9 Å². The fraction of sp³-hybridized carbons (Fsp3) is 0. The molecule has 162 valence electrons. The number of carbonyl (C=O) groups excluding carboxylic acids is 1. The van der Waals surface area contributed by atoms with Crippen LogP contribution in [0.5, 0.6) is 0 Å². The lowest BCUT2D eigenvalue weighted by Crippen LogP contribution is -2.08. The third kappa shape index (κ3) is 4.74. The van der Waals surface area contributed by atoms with Gasteiger partial charge < -0.3 is 9.73 Å². The van der Waals surface area contributed by atoms with Gasteiger partial charge in [0.05, 0.1) is 16.4 Å². The Kier molecular flexibility index (Phi) is 5.81. The lowest BCUT2D eigenvalue weighted by Gasteiger charge is -2.04. The highest BCUT2D eigenvalue weighted by molar-refractivity contribution is 9.10. The van der Waals surface area contributed by atoms with Gasteiger partial charge in [-0.15, -0.1) is 10.2 Å². The minimum Gasteiger partial charge on any atom is -0.457 e. The van der Waals surface area contributed by atoms with E-state index in [9.17, 15) is 4.79 Å². The maximum Gasteiger partial charge on any atom is 0.248 e. The number of halogens is 2. The second kappa shape index (κ2) is 9.05. The molecule has 5 rings (SSSR count). The summed E-state index contributed by atoms with van der Waals surface area (Å²) in [4.78, 5) is 14.0. The molecule has 0 saturated carbocycles. The van der Waals surface area contributed by atoms with Crippen molar-refractivity contribution in [2.45, 2.75) is 0 Å². The minimum atomic E-state index is -0.340. The van der Waals surface area contributed by atoms with Gasteiger partial charge in [-0.05, 0) is 54.6 Å². The number of hydrogen-bond acceptors (Lipinski definition) is 4. The van der Waals surface area contributed by atoms with Gasteiger partial charge in [0, 0.05) is 16.1 Å². The molecule has 5 aromatic rings. The maximum absolute atomic E-state index is 12.5. The van der Waals surface area contributed by atoms with Crippen LogP contribution in [0, 0.1) is 0 Å². The lowest BCUT2D eigenvalue weighted by atomic mass is 10.2. The van der Waals surface area contributed by atoms with E-state index in [2.05, 4.69) is 31.4 Å². The zero-order valence-electron chi connectivity index (χ0n) is 17.1. The van der Waals surface area contributed by atoms with Crippen molar-refractivity contribution >= 4 is 56.2 Å². The molecule has 0 aliphatic carbocycles. The van der Waals surface area contributed by atoms with Crippen molar-refractivity contribution in [3.63, 3.8) is 0 Å². The van der Waals surface area contributed by atoms with E-state index in [4.69, 9.17) is 16.0 Å². The fourth-order valence-electron chi connectivity index (χ4n) is 3.25. The molecule has 0 aliphatic heterocycles. The topological polar surface area (TPSA) is 73.0 Å². The van der Waals surface area contributed by atoms with Crippen LogP contribution in [-0.2, 0) is 4.79 Å². The first kappa shape index (κ1) is 21.2. The van der Waals surface area contributed by atoms with Crippen molar-refractivity contribution in [3.8, 4) is 17.0 Å². The number of anilines is 1. The molecule has 8 heteroatoms. The first-order valence-electron chi connectivity index (χ1n) is 10.0. The fourth-order valence-corrected chi connectivity index (χ4v) is 3.72. The molecule has 3 aromatic carbocycles. The SMILES string of the molecule is O=C(/C=C/c1ccc(-c2ccc(Br)cc2)o1)Nc1cc2nn(-c3ccccc3)nc2cc1Cl. The summed E-state index contributed by atoms with van der Waals surface area (Å²) in [5, 5.41) is 12.1. The second-order valence-electron chi connectivity index (χ2n) is 7.18. The van der Waals surface area contributed by atoms with Gasteiger partial charge in [0.2, 0.25) is 5.91 Å². The van der Waals surface area contributed by atoms with Crippen LogP contribution in [0.1, 0.15) is 5.76 Å². The molecule has 2 heterocycles. The first-order valence-corrected chi connectivity index (χ1v) is 11.2. The largest absolute Gasteiger partial charge is 0.457 e.